The topological polar surface area (TPSA) is 60.7 Å². The van der Waals surface area contributed by atoms with Crippen molar-refractivity contribution in [2.45, 2.75) is 38.7 Å². The molecule has 0 aromatic rings. The normalized spacial score (nSPS) is 14.1. The number of thiol groups is 1. The van der Waals surface area contributed by atoms with Gasteiger partial charge in [-0.3, -0.25) is 0 Å². The zero-order chi connectivity index (χ0) is 12.4. The zero-order valence-corrected chi connectivity index (χ0v) is 12.1. The van der Waals surface area contributed by atoms with Crippen LogP contribution in [0.15, 0.2) is 0 Å². The average Bonchev–Trinajstić information content (AvgIpc) is 2.32. The lowest BCUT2D eigenvalue weighted by Gasteiger charge is -2.28. The van der Waals surface area contributed by atoms with Crippen LogP contribution < -0.4 is 0 Å². The first-order valence-electron chi connectivity index (χ1n) is 6.07. The molecule has 0 aliphatic heterocycles. The lowest BCUT2D eigenvalue weighted by molar-refractivity contribution is 0.283. The fourth-order valence-electron chi connectivity index (χ4n) is 1.97. The van der Waals surface area contributed by atoms with Gasteiger partial charge in [-0.1, -0.05) is 26.2 Å². The average molecular weight is 266 g/mol. The molecule has 0 heterocycles. The summed E-state index contributed by atoms with van der Waals surface area (Å²) in [5.41, 5.74) is 0. The molecule has 3 N–H and O–H groups in total. The molecule has 0 bridgehead atoms. The van der Waals surface area contributed by atoms with Gasteiger partial charge in [-0.05, 0) is 24.1 Å². The summed E-state index contributed by atoms with van der Waals surface area (Å²) in [4.78, 5) is 0. The van der Waals surface area contributed by atoms with E-state index in [1.807, 2.05) is 0 Å². The van der Waals surface area contributed by atoms with Crippen molar-refractivity contribution in [3.8, 4) is 0 Å². The molecular formula is C11H26O3SSi. The third-order valence-electron chi connectivity index (χ3n) is 3.14. The van der Waals surface area contributed by atoms with Crippen molar-refractivity contribution < 1.29 is 15.3 Å². The Labute approximate surface area is 105 Å². The minimum absolute atomic E-state index is 0.0129. The Bertz CT molecular complexity index is 157. The van der Waals surface area contributed by atoms with Gasteiger partial charge in [0.2, 0.25) is 0 Å². The van der Waals surface area contributed by atoms with E-state index in [9.17, 15) is 15.3 Å². The number of hydrogen-bond acceptors (Lipinski definition) is 4. The molecule has 5 heteroatoms. The zero-order valence-electron chi connectivity index (χ0n) is 10.2. The van der Waals surface area contributed by atoms with Crippen LogP contribution >= 0.6 is 12.6 Å². The molecule has 0 rings (SSSR count). The van der Waals surface area contributed by atoms with Crippen LogP contribution in [-0.2, 0) is 0 Å². The molecule has 1 unspecified atom stereocenters. The molecule has 0 fully saturated rings. The van der Waals surface area contributed by atoms with Gasteiger partial charge in [-0.2, -0.15) is 12.6 Å². The number of rotatable bonds is 10. The first-order chi connectivity index (χ1) is 7.64. The highest BCUT2D eigenvalue weighted by Gasteiger charge is 2.32. The summed E-state index contributed by atoms with van der Waals surface area (Å²) in [6, 6.07) is 0.817. The SMILES string of the molecule is CC(CCCCCS)C[Si](CO)(CO)CO. The van der Waals surface area contributed by atoms with Crippen molar-refractivity contribution >= 4 is 20.7 Å². The van der Waals surface area contributed by atoms with Crippen molar-refractivity contribution in [2.75, 3.05) is 24.4 Å². The first kappa shape index (κ1) is 16.4. The number of aliphatic hydroxyl groups excluding tert-OH is 3. The van der Waals surface area contributed by atoms with E-state index in [0.717, 1.165) is 24.6 Å². The standard InChI is InChI=1S/C11H26O3SSi/c1-11(5-3-2-4-6-15)7-16(8-12,9-13)10-14/h11-15H,2-10H2,1H3. The molecule has 0 saturated heterocycles. The molecule has 0 aromatic carbocycles. The fourth-order valence-corrected chi connectivity index (χ4v) is 4.56. The molecular weight excluding hydrogens is 240 g/mol. The summed E-state index contributed by atoms with van der Waals surface area (Å²) in [7, 11) is -2.20. The highest BCUT2D eigenvalue weighted by Crippen LogP contribution is 2.21. The maximum Gasteiger partial charge on any atom is 0.140 e. The van der Waals surface area contributed by atoms with E-state index >= 15 is 0 Å². The summed E-state index contributed by atoms with van der Waals surface area (Å²) in [6.45, 7) is 2.14. The molecule has 0 radical (unpaired) electrons. The third kappa shape index (κ3) is 6.25. The maximum atomic E-state index is 9.27. The Morgan fingerprint density at radius 2 is 1.56 bits per heavy atom. The Kier molecular flexibility index (Phi) is 9.74. The van der Waals surface area contributed by atoms with E-state index in [-0.39, 0.29) is 18.7 Å². The van der Waals surface area contributed by atoms with Crippen LogP contribution in [0.5, 0.6) is 0 Å². The van der Waals surface area contributed by atoms with Crippen molar-refractivity contribution in [1.82, 2.24) is 0 Å². The first-order valence-corrected chi connectivity index (χ1v) is 9.53. The van der Waals surface area contributed by atoms with Crippen LogP contribution in [-0.4, -0.2) is 47.8 Å². The second-order valence-corrected chi connectivity index (χ2v) is 9.66. The summed E-state index contributed by atoms with van der Waals surface area (Å²) in [5, 5.41) is 27.8. The van der Waals surface area contributed by atoms with Gasteiger partial charge in [0.25, 0.3) is 0 Å². The van der Waals surface area contributed by atoms with Gasteiger partial charge in [-0.15, -0.1) is 0 Å². The molecule has 98 valence electrons. The largest absolute Gasteiger partial charge is 0.399 e. The minimum Gasteiger partial charge on any atom is -0.399 e. The molecule has 0 aliphatic carbocycles. The van der Waals surface area contributed by atoms with Gasteiger partial charge in [0.1, 0.15) is 8.07 Å². The molecule has 0 amide bonds. The quantitative estimate of drug-likeness (QED) is 0.273. The summed E-state index contributed by atoms with van der Waals surface area (Å²) in [5.74, 6) is 1.43. The molecule has 0 aliphatic rings. The molecule has 0 saturated carbocycles. The Balaban J connectivity index is 3.86. The molecule has 1 atom stereocenters. The van der Waals surface area contributed by atoms with Gasteiger partial charge < -0.3 is 15.3 Å². The van der Waals surface area contributed by atoms with Crippen molar-refractivity contribution in [3.63, 3.8) is 0 Å². The van der Waals surface area contributed by atoms with Crippen LogP contribution in [0, 0.1) is 5.92 Å². The van der Waals surface area contributed by atoms with E-state index in [2.05, 4.69) is 19.6 Å². The Morgan fingerprint density at radius 1 is 1.00 bits per heavy atom. The third-order valence-corrected chi connectivity index (χ3v) is 7.03. The Morgan fingerprint density at radius 3 is 2.00 bits per heavy atom. The molecule has 0 spiro atoms. The number of aliphatic hydroxyl groups is 3. The van der Waals surface area contributed by atoms with Crippen LogP contribution in [0.4, 0.5) is 0 Å². The van der Waals surface area contributed by atoms with Crippen LogP contribution in [0.3, 0.4) is 0 Å². The van der Waals surface area contributed by atoms with Crippen LogP contribution in [0.25, 0.3) is 0 Å². The lowest BCUT2D eigenvalue weighted by Crippen LogP contribution is -2.49. The fraction of sp³-hybridized carbons (Fsp3) is 1.00. The van der Waals surface area contributed by atoms with E-state index in [1.165, 1.54) is 12.8 Å². The van der Waals surface area contributed by atoms with Crippen LogP contribution in [0.1, 0.15) is 32.6 Å². The van der Waals surface area contributed by atoms with E-state index in [4.69, 9.17) is 0 Å². The van der Waals surface area contributed by atoms with Crippen molar-refractivity contribution in [3.05, 3.63) is 0 Å². The summed E-state index contributed by atoms with van der Waals surface area (Å²) in [6.07, 6.45) is 4.60. The Hall–Kier alpha value is 0.447. The smallest absolute Gasteiger partial charge is 0.140 e. The highest BCUT2D eigenvalue weighted by molar-refractivity contribution is 7.80. The summed E-state index contributed by atoms with van der Waals surface area (Å²) >= 11 is 4.17. The number of unbranched alkanes of at least 4 members (excludes halogenated alkanes) is 2. The van der Waals surface area contributed by atoms with Gasteiger partial charge in [0, 0.05) is 18.7 Å². The second kappa shape index (κ2) is 9.47. The van der Waals surface area contributed by atoms with Gasteiger partial charge in [-0.25, -0.2) is 0 Å². The monoisotopic (exact) mass is 266 g/mol. The molecule has 16 heavy (non-hydrogen) atoms. The second-order valence-electron chi connectivity index (χ2n) is 4.86. The van der Waals surface area contributed by atoms with E-state index < -0.39 is 8.07 Å². The maximum absolute atomic E-state index is 9.27. The van der Waals surface area contributed by atoms with Gasteiger partial charge in [0.15, 0.2) is 0 Å². The number of hydrogen-bond donors (Lipinski definition) is 4. The minimum atomic E-state index is -2.20. The van der Waals surface area contributed by atoms with Crippen molar-refractivity contribution in [2.24, 2.45) is 5.92 Å². The van der Waals surface area contributed by atoms with Crippen LogP contribution in [0.2, 0.25) is 6.04 Å². The van der Waals surface area contributed by atoms with Gasteiger partial charge in [0.05, 0.1) is 0 Å². The van der Waals surface area contributed by atoms with Crippen molar-refractivity contribution in [1.29, 1.82) is 0 Å². The van der Waals surface area contributed by atoms with Gasteiger partial charge >= 0.3 is 0 Å². The lowest BCUT2D eigenvalue weighted by atomic mass is 10.1. The molecule has 0 aromatic heterocycles. The highest BCUT2D eigenvalue weighted by atomic mass is 32.1. The summed E-state index contributed by atoms with van der Waals surface area (Å²) < 4.78 is 0. The van der Waals surface area contributed by atoms with E-state index in [0.29, 0.717) is 5.92 Å². The predicted molar refractivity (Wildman–Crippen MR) is 73.3 cm³/mol. The molecule has 3 nitrogen and oxygen atoms in total. The van der Waals surface area contributed by atoms with E-state index in [1.54, 1.807) is 0 Å². The predicted octanol–water partition coefficient (Wildman–Crippen LogP) is 1.16.